The number of anilines is 2. The van der Waals surface area contributed by atoms with Crippen molar-refractivity contribution in [3.63, 3.8) is 0 Å². The molecule has 0 saturated heterocycles. The molecule has 4 N–H and O–H groups in total. The third kappa shape index (κ3) is 8.10. The normalized spacial score (nSPS) is 10.8. The lowest BCUT2D eigenvalue weighted by Crippen LogP contribution is -2.15. The first kappa shape index (κ1) is 28.8. The molecule has 202 valence electrons. The van der Waals surface area contributed by atoms with Crippen LogP contribution in [-0.2, 0) is 12.8 Å². The zero-order valence-corrected chi connectivity index (χ0v) is 22.6. The first-order valence-corrected chi connectivity index (χ1v) is 13.8. The predicted octanol–water partition coefficient (Wildman–Crippen LogP) is 7.85. The molecule has 0 radical (unpaired) electrons. The van der Waals surface area contributed by atoms with E-state index in [1.807, 2.05) is 12.1 Å². The van der Waals surface area contributed by atoms with Crippen molar-refractivity contribution in [1.82, 2.24) is 0 Å². The van der Waals surface area contributed by atoms with Gasteiger partial charge < -0.3 is 20.8 Å². The highest BCUT2D eigenvalue weighted by atomic mass is 16.3. The van der Waals surface area contributed by atoms with Crippen molar-refractivity contribution in [3.05, 3.63) is 82.9 Å². The summed E-state index contributed by atoms with van der Waals surface area (Å²) < 4.78 is 0. The Morgan fingerprint density at radius 3 is 1.45 bits per heavy atom. The molecule has 0 aliphatic heterocycles. The number of hydrogen-bond acceptors (Lipinski definition) is 4. The minimum absolute atomic E-state index is 0.0102. The Kier molecular flexibility index (Phi) is 11.2. The zero-order chi connectivity index (χ0) is 27.3. The number of aryl methyl sites for hydroxylation is 2. The molecule has 0 spiro atoms. The fraction of sp³-hybridized carbons (Fsp3) is 0.375. The van der Waals surface area contributed by atoms with E-state index in [4.69, 9.17) is 0 Å². The molecule has 0 aromatic heterocycles. The molecule has 6 nitrogen and oxygen atoms in total. The number of nitrogens with one attached hydrogen (secondary N) is 2. The number of para-hydroxylation sites is 2. The van der Waals surface area contributed by atoms with Crippen LogP contribution in [0.1, 0.15) is 97.1 Å². The topological polar surface area (TPSA) is 98.7 Å². The Morgan fingerprint density at radius 2 is 1.03 bits per heavy atom. The summed E-state index contributed by atoms with van der Waals surface area (Å²) in [7, 11) is 0. The van der Waals surface area contributed by atoms with Gasteiger partial charge in [-0.25, -0.2) is 0 Å². The average Bonchev–Trinajstić information content (AvgIpc) is 2.91. The summed E-state index contributed by atoms with van der Waals surface area (Å²) in [6, 6.07) is 17.3. The highest BCUT2D eigenvalue weighted by Gasteiger charge is 2.16. The van der Waals surface area contributed by atoms with Gasteiger partial charge in [0.2, 0.25) is 0 Å². The molecular weight excluding hydrogens is 476 g/mol. The summed E-state index contributed by atoms with van der Waals surface area (Å²) in [4.78, 5) is 25.9. The number of hydrogen-bond donors (Lipinski definition) is 4. The highest BCUT2D eigenvalue weighted by molar-refractivity contribution is 6.08. The van der Waals surface area contributed by atoms with E-state index < -0.39 is 11.8 Å². The second kappa shape index (κ2) is 14.8. The van der Waals surface area contributed by atoms with Crippen LogP contribution in [0, 0.1) is 0 Å². The van der Waals surface area contributed by atoms with Gasteiger partial charge >= 0.3 is 0 Å². The van der Waals surface area contributed by atoms with Gasteiger partial charge in [-0.1, -0.05) is 82.7 Å². The Morgan fingerprint density at radius 1 is 0.605 bits per heavy atom. The molecule has 0 aliphatic carbocycles. The van der Waals surface area contributed by atoms with E-state index in [2.05, 4.69) is 24.5 Å². The summed E-state index contributed by atoms with van der Waals surface area (Å²) in [5, 5.41) is 27.0. The van der Waals surface area contributed by atoms with Crippen LogP contribution in [0.25, 0.3) is 0 Å². The molecule has 0 unspecified atom stereocenters. The van der Waals surface area contributed by atoms with E-state index in [0.29, 0.717) is 11.4 Å². The van der Waals surface area contributed by atoms with Gasteiger partial charge in [0.05, 0.1) is 11.1 Å². The van der Waals surface area contributed by atoms with E-state index in [-0.39, 0.29) is 22.6 Å². The van der Waals surface area contributed by atoms with Crippen LogP contribution < -0.4 is 10.6 Å². The molecule has 6 heteroatoms. The average molecular weight is 517 g/mol. The minimum atomic E-state index is -0.421. The van der Waals surface area contributed by atoms with E-state index >= 15 is 0 Å². The van der Waals surface area contributed by atoms with Crippen molar-refractivity contribution in [2.45, 2.75) is 78.1 Å². The second-order valence-corrected chi connectivity index (χ2v) is 9.74. The molecule has 2 amide bonds. The van der Waals surface area contributed by atoms with E-state index in [1.54, 1.807) is 48.5 Å². The fourth-order valence-corrected chi connectivity index (χ4v) is 4.51. The molecule has 0 atom stereocenters. The summed E-state index contributed by atoms with van der Waals surface area (Å²) in [5.41, 5.74) is 2.93. The van der Waals surface area contributed by atoms with Crippen LogP contribution in [0.4, 0.5) is 11.4 Å². The summed E-state index contributed by atoms with van der Waals surface area (Å²) >= 11 is 0. The number of amides is 2. The Labute approximate surface area is 226 Å². The van der Waals surface area contributed by atoms with Crippen molar-refractivity contribution in [2.24, 2.45) is 0 Å². The third-order valence-corrected chi connectivity index (χ3v) is 6.71. The standard InChI is InChI=1S/C32H40N2O4/c1-3-5-7-9-14-23-16-11-20-27(29(23)35)31(37)33-25-18-13-19-26(22-25)34-32(38)28-21-12-17-24(30(28)36)15-10-8-6-4-2/h11-13,16-22,35-36H,3-10,14-15H2,1-2H3,(H,33,37)(H,34,38). The van der Waals surface area contributed by atoms with E-state index in [1.165, 1.54) is 0 Å². The van der Waals surface area contributed by atoms with Gasteiger partial charge in [0, 0.05) is 11.4 Å². The maximum absolute atomic E-state index is 12.9. The van der Waals surface area contributed by atoms with Crippen LogP contribution >= 0.6 is 0 Å². The summed E-state index contributed by atoms with van der Waals surface area (Å²) in [6.45, 7) is 4.31. The Hall–Kier alpha value is -3.80. The number of benzene rings is 3. The van der Waals surface area contributed by atoms with Gasteiger partial charge in [0.1, 0.15) is 11.5 Å². The summed E-state index contributed by atoms with van der Waals surface area (Å²) in [6.07, 6.45) is 10.1. The Balaban J connectivity index is 1.66. The van der Waals surface area contributed by atoms with Crippen LogP contribution in [0.3, 0.4) is 0 Å². The third-order valence-electron chi connectivity index (χ3n) is 6.71. The molecule has 0 fully saturated rings. The van der Waals surface area contributed by atoms with Crippen LogP contribution in [0.5, 0.6) is 11.5 Å². The predicted molar refractivity (Wildman–Crippen MR) is 154 cm³/mol. The van der Waals surface area contributed by atoms with Crippen molar-refractivity contribution in [3.8, 4) is 11.5 Å². The first-order chi connectivity index (χ1) is 18.4. The molecule has 3 aromatic rings. The highest BCUT2D eigenvalue weighted by Crippen LogP contribution is 2.28. The quantitative estimate of drug-likeness (QED) is 0.164. The monoisotopic (exact) mass is 516 g/mol. The number of unbranched alkanes of at least 4 members (excludes halogenated alkanes) is 6. The molecule has 3 rings (SSSR count). The van der Waals surface area contributed by atoms with Crippen molar-refractivity contribution in [1.29, 1.82) is 0 Å². The molecule has 0 saturated carbocycles. The minimum Gasteiger partial charge on any atom is -0.507 e. The number of rotatable bonds is 14. The largest absolute Gasteiger partial charge is 0.507 e. The number of carbonyl (C=O) groups is 2. The lowest BCUT2D eigenvalue weighted by atomic mass is 10.0. The summed E-state index contributed by atoms with van der Waals surface area (Å²) in [5.74, 6) is -0.823. The zero-order valence-electron chi connectivity index (χ0n) is 22.6. The first-order valence-electron chi connectivity index (χ1n) is 13.8. The molecule has 38 heavy (non-hydrogen) atoms. The molecule has 0 aliphatic rings. The van der Waals surface area contributed by atoms with Gasteiger partial charge in [0.15, 0.2) is 0 Å². The number of carbonyl (C=O) groups excluding carboxylic acids is 2. The van der Waals surface area contributed by atoms with Gasteiger partial charge in [0.25, 0.3) is 11.8 Å². The Bertz CT molecular complexity index is 1130. The SMILES string of the molecule is CCCCCCc1cccc(C(=O)Nc2cccc(NC(=O)c3cccc(CCCCCC)c3O)c2)c1O. The maximum atomic E-state index is 12.9. The van der Waals surface area contributed by atoms with Gasteiger partial charge in [-0.2, -0.15) is 0 Å². The smallest absolute Gasteiger partial charge is 0.259 e. The number of phenolic OH excluding ortho intramolecular Hbond substituents is 2. The molecule has 0 bridgehead atoms. The molecular formula is C32H40N2O4. The number of phenols is 2. The lowest BCUT2D eigenvalue weighted by Gasteiger charge is -2.13. The van der Waals surface area contributed by atoms with E-state index in [9.17, 15) is 19.8 Å². The van der Waals surface area contributed by atoms with Gasteiger partial charge in [-0.3, -0.25) is 9.59 Å². The number of aromatic hydroxyl groups is 2. The fourth-order valence-electron chi connectivity index (χ4n) is 4.51. The van der Waals surface area contributed by atoms with E-state index in [0.717, 1.165) is 75.3 Å². The van der Waals surface area contributed by atoms with Crippen LogP contribution in [-0.4, -0.2) is 22.0 Å². The van der Waals surface area contributed by atoms with Crippen LogP contribution in [0.2, 0.25) is 0 Å². The van der Waals surface area contributed by atoms with Gasteiger partial charge in [-0.15, -0.1) is 0 Å². The van der Waals surface area contributed by atoms with Gasteiger partial charge in [-0.05, 0) is 67.1 Å². The molecule has 0 heterocycles. The lowest BCUT2D eigenvalue weighted by molar-refractivity contribution is 0.101. The second-order valence-electron chi connectivity index (χ2n) is 9.74. The van der Waals surface area contributed by atoms with Crippen LogP contribution in [0.15, 0.2) is 60.7 Å². The van der Waals surface area contributed by atoms with Crippen molar-refractivity contribution in [2.75, 3.05) is 10.6 Å². The van der Waals surface area contributed by atoms with Crippen molar-refractivity contribution < 1.29 is 19.8 Å². The molecule has 3 aromatic carbocycles. The maximum Gasteiger partial charge on any atom is 0.259 e. The van der Waals surface area contributed by atoms with Crippen molar-refractivity contribution >= 4 is 23.2 Å².